The third-order valence-electron chi connectivity index (χ3n) is 7.01. The first-order valence-corrected chi connectivity index (χ1v) is 12.7. The van der Waals surface area contributed by atoms with Gasteiger partial charge in [-0.2, -0.15) is 0 Å². The highest BCUT2D eigenvalue weighted by atomic mass is 16.5. The molecule has 1 fully saturated rings. The second kappa shape index (κ2) is 11.4. The van der Waals surface area contributed by atoms with Crippen LogP contribution < -0.4 is 4.74 Å². The second-order valence-corrected chi connectivity index (χ2v) is 10.3. The van der Waals surface area contributed by atoms with Gasteiger partial charge in [0.2, 0.25) is 5.89 Å². The van der Waals surface area contributed by atoms with E-state index in [0.717, 1.165) is 49.2 Å². The minimum Gasteiger partial charge on any atom is -0.497 e. The number of ether oxygens (including phenoxy) is 2. The highest BCUT2D eigenvalue weighted by molar-refractivity contribution is 5.30. The fourth-order valence-electron chi connectivity index (χ4n) is 5.06. The third kappa shape index (κ3) is 6.31. The molecule has 1 atom stereocenters. The van der Waals surface area contributed by atoms with E-state index in [4.69, 9.17) is 13.9 Å². The van der Waals surface area contributed by atoms with Gasteiger partial charge in [-0.15, -0.1) is 0 Å². The first kappa shape index (κ1) is 25.4. The maximum Gasteiger partial charge on any atom is 0.231 e. The number of hydrogen-bond acceptors (Lipinski definition) is 5. The molecule has 0 radical (unpaired) electrons. The van der Waals surface area contributed by atoms with E-state index in [2.05, 4.69) is 31.2 Å². The first-order valence-electron chi connectivity index (χ1n) is 12.7. The van der Waals surface area contributed by atoms with Crippen molar-refractivity contribution in [2.45, 2.75) is 50.7 Å². The Labute approximate surface area is 209 Å². The Morgan fingerprint density at radius 1 is 1.03 bits per heavy atom. The minimum atomic E-state index is -1.20. The molecule has 0 amide bonds. The summed E-state index contributed by atoms with van der Waals surface area (Å²) in [5.41, 5.74) is 0.876. The van der Waals surface area contributed by atoms with E-state index >= 15 is 0 Å². The van der Waals surface area contributed by atoms with Crippen molar-refractivity contribution in [2.24, 2.45) is 5.92 Å². The summed E-state index contributed by atoms with van der Waals surface area (Å²) >= 11 is 0. The van der Waals surface area contributed by atoms with Crippen molar-refractivity contribution in [3.63, 3.8) is 0 Å². The Balaban J connectivity index is 1.38. The summed E-state index contributed by atoms with van der Waals surface area (Å²) in [5, 5.41) is 12.0. The van der Waals surface area contributed by atoms with Crippen LogP contribution in [0.15, 0.2) is 65.2 Å². The van der Waals surface area contributed by atoms with Crippen molar-refractivity contribution in [3.05, 3.63) is 83.6 Å². The van der Waals surface area contributed by atoms with E-state index in [1.54, 1.807) is 13.3 Å². The summed E-state index contributed by atoms with van der Waals surface area (Å²) in [4.78, 5) is 4.60. The second-order valence-electron chi connectivity index (χ2n) is 10.3. The molecule has 35 heavy (non-hydrogen) atoms. The van der Waals surface area contributed by atoms with Crippen LogP contribution in [0.5, 0.6) is 5.75 Å². The standard InChI is InChI=1S/C29H39N2O4/c1-31(2,22-34-19-18-23-14-16-26(33-3)17-15-23)21-27-20-30-28(35-27)29(32,24-10-6-4-7-11-24)25-12-8-5-9-13-25/h4,6-7,10-11,14-17,20,25,32H,5,8-9,12-13,18-19,21-22H2,1-3H3/q+1/t29-/m0/s1. The zero-order valence-electron chi connectivity index (χ0n) is 21.3. The van der Waals surface area contributed by atoms with Gasteiger partial charge in [0, 0.05) is 5.92 Å². The lowest BCUT2D eigenvalue weighted by molar-refractivity contribution is -0.923. The molecule has 4 rings (SSSR count). The topological polar surface area (TPSA) is 64.7 Å². The van der Waals surface area contributed by atoms with Crippen molar-refractivity contribution >= 4 is 0 Å². The summed E-state index contributed by atoms with van der Waals surface area (Å²) in [6.07, 6.45) is 8.06. The van der Waals surface area contributed by atoms with E-state index < -0.39 is 5.60 Å². The Kier molecular flexibility index (Phi) is 8.26. The van der Waals surface area contributed by atoms with Gasteiger partial charge in [0.25, 0.3) is 0 Å². The van der Waals surface area contributed by atoms with Crippen LogP contribution in [0.2, 0.25) is 0 Å². The van der Waals surface area contributed by atoms with Crippen LogP contribution in [0.4, 0.5) is 0 Å². The highest BCUT2D eigenvalue weighted by Gasteiger charge is 2.44. The fraction of sp³-hybridized carbons (Fsp3) is 0.483. The molecule has 1 heterocycles. The van der Waals surface area contributed by atoms with E-state index in [1.165, 1.54) is 12.0 Å². The lowest BCUT2D eigenvalue weighted by Crippen LogP contribution is -2.41. The normalized spacial score (nSPS) is 16.7. The van der Waals surface area contributed by atoms with Crippen LogP contribution in [0.1, 0.15) is 54.9 Å². The molecule has 1 saturated carbocycles. The number of quaternary nitrogens is 1. The molecule has 6 nitrogen and oxygen atoms in total. The van der Waals surface area contributed by atoms with Crippen LogP contribution in [-0.4, -0.2) is 49.1 Å². The number of methoxy groups -OCH3 is 1. The van der Waals surface area contributed by atoms with Crippen molar-refractivity contribution in [1.29, 1.82) is 0 Å². The Morgan fingerprint density at radius 3 is 2.43 bits per heavy atom. The number of nitrogens with zero attached hydrogens (tertiary/aromatic N) is 2. The molecule has 6 heteroatoms. The van der Waals surface area contributed by atoms with Crippen molar-refractivity contribution in [1.82, 2.24) is 4.98 Å². The summed E-state index contributed by atoms with van der Waals surface area (Å²) in [5.74, 6) is 2.13. The maximum atomic E-state index is 12.0. The molecule has 1 aromatic heterocycles. The SMILES string of the molecule is COc1ccc(CCOC[N+](C)(C)Cc2cnc([C@](O)(c3ccccc3)C3CCCCC3)o2)cc1. The Morgan fingerprint density at radius 2 is 1.74 bits per heavy atom. The average molecular weight is 480 g/mol. The van der Waals surface area contributed by atoms with Gasteiger partial charge in [-0.05, 0) is 42.5 Å². The number of oxazole rings is 1. The monoisotopic (exact) mass is 479 g/mol. The van der Waals surface area contributed by atoms with Gasteiger partial charge in [0.1, 0.15) is 12.3 Å². The molecule has 2 aromatic carbocycles. The van der Waals surface area contributed by atoms with Crippen LogP contribution in [-0.2, 0) is 23.3 Å². The predicted octanol–water partition coefficient (Wildman–Crippen LogP) is 5.29. The first-order chi connectivity index (χ1) is 16.9. The van der Waals surface area contributed by atoms with E-state index in [-0.39, 0.29) is 5.92 Å². The summed E-state index contributed by atoms with van der Waals surface area (Å²) in [6, 6.07) is 18.0. The molecular weight excluding hydrogens is 440 g/mol. The molecule has 0 spiro atoms. The molecule has 188 valence electrons. The zero-order chi connectivity index (χ0) is 24.7. The lowest BCUT2D eigenvalue weighted by Gasteiger charge is -2.36. The largest absolute Gasteiger partial charge is 0.497 e. The quantitative estimate of drug-likeness (QED) is 0.230. The molecule has 0 bridgehead atoms. The minimum absolute atomic E-state index is 0.105. The molecule has 1 aliphatic rings. The van der Waals surface area contributed by atoms with Crippen molar-refractivity contribution in [3.8, 4) is 5.75 Å². The summed E-state index contributed by atoms with van der Waals surface area (Å²) < 4.78 is 18.1. The summed E-state index contributed by atoms with van der Waals surface area (Å²) in [6.45, 7) is 1.83. The van der Waals surface area contributed by atoms with Gasteiger partial charge in [0.15, 0.2) is 18.1 Å². The van der Waals surface area contributed by atoms with Gasteiger partial charge in [-0.3, -0.25) is 4.48 Å². The molecular formula is C29H39N2O4+. The highest BCUT2D eigenvalue weighted by Crippen LogP contribution is 2.43. The van der Waals surface area contributed by atoms with Crippen molar-refractivity contribution in [2.75, 3.05) is 34.5 Å². The number of rotatable bonds is 11. The molecule has 0 saturated heterocycles. The van der Waals surface area contributed by atoms with Crippen LogP contribution in [0.3, 0.4) is 0 Å². The Hall–Kier alpha value is -2.67. The number of aliphatic hydroxyl groups is 1. The van der Waals surface area contributed by atoms with Gasteiger partial charge < -0.3 is 19.0 Å². The van der Waals surface area contributed by atoms with Crippen LogP contribution >= 0.6 is 0 Å². The maximum absolute atomic E-state index is 12.0. The molecule has 3 aromatic rings. The average Bonchev–Trinajstić information content (AvgIpc) is 3.35. The van der Waals surface area contributed by atoms with E-state index in [1.807, 2.05) is 42.5 Å². The number of benzene rings is 2. The smallest absolute Gasteiger partial charge is 0.231 e. The van der Waals surface area contributed by atoms with Crippen LogP contribution in [0, 0.1) is 5.92 Å². The number of hydrogen-bond donors (Lipinski definition) is 1. The van der Waals surface area contributed by atoms with Gasteiger partial charge >= 0.3 is 0 Å². The molecule has 0 unspecified atom stereocenters. The number of aromatic nitrogens is 1. The predicted molar refractivity (Wildman–Crippen MR) is 136 cm³/mol. The van der Waals surface area contributed by atoms with Gasteiger partial charge in [-0.25, -0.2) is 4.98 Å². The molecule has 1 aliphatic carbocycles. The summed E-state index contributed by atoms with van der Waals surface area (Å²) in [7, 11) is 5.90. The van der Waals surface area contributed by atoms with E-state index in [9.17, 15) is 5.11 Å². The third-order valence-corrected chi connectivity index (χ3v) is 7.01. The van der Waals surface area contributed by atoms with E-state index in [0.29, 0.717) is 30.3 Å². The van der Waals surface area contributed by atoms with Crippen LogP contribution in [0.25, 0.3) is 0 Å². The zero-order valence-corrected chi connectivity index (χ0v) is 21.3. The lowest BCUT2D eigenvalue weighted by atomic mass is 9.73. The molecule has 0 aliphatic heterocycles. The van der Waals surface area contributed by atoms with Gasteiger partial charge in [-0.1, -0.05) is 61.7 Å². The molecule has 1 N–H and O–H groups in total. The van der Waals surface area contributed by atoms with Gasteiger partial charge in [0.05, 0.1) is 34.0 Å². The fourth-order valence-corrected chi connectivity index (χ4v) is 5.06. The van der Waals surface area contributed by atoms with Crippen molar-refractivity contribution < 1.29 is 23.5 Å². The Bertz CT molecular complexity index is 1040.